The summed E-state index contributed by atoms with van der Waals surface area (Å²) in [5.74, 6) is 6.80. The van der Waals surface area contributed by atoms with Gasteiger partial charge in [0, 0.05) is 11.1 Å². The topological polar surface area (TPSA) is 0 Å². The van der Waals surface area contributed by atoms with Crippen LogP contribution >= 0.6 is 11.6 Å². The molecule has 0 N–H and O–H groups in total. The molecule has 4 rings (SSSR count). The monoisotopic (exact) mass is 398 g/mol. The minimum absolute atomic E-state index is 0.298. The molecule has 0 aromatic heterocycles. The van der Waals surface area contributed by atoms with Gasteiger partial charge in [-0.3, -0.25) is 0 Å². The lowest BCUT2D eigenvalue weighted by Gasteiger charge is -2.40. The van der Waals surface area contributed by atoms with E-state index >= 15 is 0 Å². The van der Waals surface area contributed by atoms with Crippen molar-refractivity contribution < 1.29 is 8.78 Å². The lowest BCUT2D eigenvalue weighted by Crippen LogP contribution is -2.28. The third-order valence-electron chi connectivity index (χ3n) is 6.45. The largest absolute Gasteiger partial charge is 0.205 e. The maximum atomic E-state index is 13.6. The lowest BCUT2D eigenvalue weighted by atomic mass is 9.64. The Morgan fingerprint density at radius 3 is 2.50 bits per heavy atom. The van der Waals surface area contributed by atoms with Crippen LogP contribution < -0.4 is 0 Å². The third-order valence-corrected chi connectivity index (χ3v) is 6.81. The highest BCUT2D eigenvalue weighted by Crippen LogP contribution is 2.47. The zero-order valence-corrected chi connectivity index (χ0v) is 17.0. The van der Waals surface area contributed by atoms with E-state index in [2.05, 4.69) is 37.0 Å². The Kier molecular flexibility index (Phi) is 5.74. The molecule has 1 saturated carbocycles. The fraction of sp³-hybridized carbons (Fsp3) is 0.440. The second-order valence-corrected chi connectivity index (χ2v) is 8.67. The van der Waals surface area contributed by atoms with E-state index in [1.54, 1.807) is 0 Å². The van der Waals surface area contributed by atoms with Gasteiger partial charge in [-0.15, -0.1) is 0 Å². The van der Waals surface area contributed by atoms with Gasteiger partial charge in [-0.25, -0.2) is 8.78 Å². The molecule has 0 amide bonds. The highest BCUT2D eigenvalue weighted by Gasteiger charge is 2.34. The normalized spacial score (nSPS) is 23.4. The first kappa shape index (κ1) is 19.5. The highest BCUT2D eigenvalue weighted by molar-refractivity contribution is 6.30. The van der Waals surface area contributed by atoms with E-state index in [-0.39, 0.29) is 0 Å². The lowest BCUT2D eigenvalue weighted by molar-refractivity contribution is 0.201. The van der Waals surface area contributed by atoms with Crippen LogP contribution in [0.15, 0.2) is 30.3 Å². The van der Waals surface area contributed by atoms with E-state index in [1.807, 2.05) is 0 Å². The summed E-state index contributed by atoms with van der Waals surface area (Å²) in [6, 6.07) is 8.81. The highest BCUT2D eigenvalue weighted by atomic mass is 35.5. The standard InChI is InChI=1S/C25H25ClF2/c1-2-3-16-6-10-21-19(12-16)8-9-20-13-17(7-11-22(20)21)4-5-18-14-23(27)25(26)24(28)15-18/h7,11,13-16,19,21H,2-3,6,8-10,12H2,1H3. The van der Waals surface area contributed by atoms with Crippen LogP contribution in [-0.2, 0) is 6.42 Å². The van der Waals surface area contributed by atoms with Gasteiger partial charge in [0.2, 0.25) is 0 Å². The molecule has 0 bridgehead atoms. The average Bonchev–Trinajstić information content (AvgIpc) is 2.70. The van der Waals surface area contributed by atoms with Crippen molar-refractivity contribution in [2.24, 2.45) is 11.8 Å². The van der Waals surface area contributed by atoms with E-state index in [0.29, 0.717) is 11.5 Å². The molecule has 3 heteroatoms. The fourth-order valence-corrected chi connectivity index (χ4v) is 5.24. The summed E-state index contributed by atoms with van der Waals surface area (Å²) in [4.78, 5) is 0. The van der Waals surface area contributed by atoms with Crippen molar-refractivity contribution in [2.75, 3.05) is 0 Å². The predicted molar refractivity (Wildman–Crippen MR) is 111 cm³/mol. The molecule has 0 radical (unpaired) electrons. The molecule has 0 aliphatic heterocycles. The summed E-state index contributed by atoms with van der Waals surface area (Å²) in [5, 5.41) is -0.484. The summed E-state index contributed by atoms with van der Waals surface area (Å²) in [7, 11) is 0. The fourth-order valence-electron chi connectivity index (χ4n) is 5.13. The van der Waals surface area contributed by atoms with Crippen LogP contribution in [0.5, 0.6) is 0 Å². The van der Waals surface area contributed by atoms with E-state index in [0.717, 1.165) is 23.8 Å². The van der Waals surface area contributed by atoms with Crippen molar-refractivity contribution in [3.05, 3.63) is 69.2 Å². The minimum atomic E-state index is -0.777. The molecule has 0 saturated heterocycles. The Balaban J connectivity index is 1.54. The van der Waals surface area contributed by atoms with Gasteiger partial charge in [-0.2, -0.15) is 0 Å². The maximum Gasteiger partial charge on any atom is 0.146 e. The van der Waals surface area contributed by atoms with E-state index < -0.39 is 16.7 Å². The molecule has 2 aliphatic rings. The first-order chi connectivity index (χ1) is 13.5. The Labute approximate surface area is 171 Å². The minimum Gasteiger partial charge on any atom is -0.205 e. The number of hydrogen-bond acceptors (Lipinski definition) is 0. The van der Waals surface area contributed by atoms with Gasteiger partial charge in [0.25, 0.3) is 0 Å². The zero-order valence-electron chi connectivity index (χ0n) is 16.2. The summed E-state index contributed by atoms with van der Waals surface area (Å²) < 4.78 is 27.2. The SMILES string of the molecule is CCCC1CCC2c3ccc(C#Cc4cc(F)c(Cl)c(F)c4)cc3CCC2C1. The summed E-state index contributed by atoms with van der Waals surface area (Å²) in [6.45, 7) is 2.29. The van der Waals surface area contributed by atoms with Gasteiger partial charge >= 0.3 is 0 Å². The number of hydrogen-bond donors (Lipinski definition) is 0. The predicted octanol–water partition coefficient (Wildman–Crippen LogP) is 7.26. The maximum absolute atomic E-state index is 13.6. The Hall–Kier alpha value is -1.85. The Morgan fingerprint density at radius 1 is 1.00 bits per heavy atom. The van der Waals surface area contributed by atoms with Gasteiger partial charge in [0.15, 0.2) is 0 Å². The molecule has 0 nitrogen and oxygen atoms in total. The Morgan fingerprint density at radius 2 is 1.75 bits per heavy atom. The molecular weight excluding hydrogens is 374 g/mol. The molecule has 3 atom stereocenters. The van der Waals surface area contributed by atoms with Crippen molar-refractivity contribution in [2.45, 2.75) is 57.8 Å². The summed E-state index contributed by atoms with van der Waals surface area (Å²) in [6.07, 6.45) is 9.07. The van der Waals surface area contributed by atoms with Crippen LogP contribution in [0.4, 0.5) is 8.78 Å². The molecule has 1 fully saturated rings. The number of fused-ring (bicyclic) bond motifs is 3. The zero-order chi connectivity index (χ0) is 19.7. The van der Waals surface area contributed by atoms with Crippen LogP contribution in [0, 0.1) is 35.3 Å². The first-order valence-electron chi connectivity index (χ1n) is 10.3. The van der Waals surface area contributed by atoms with Crippen molar-refractivity contribution in [3.8, 4) is 11.8 Å². The van der Waals surface area contributed by atoms with E-state index in [4.69, 9.17) is 11.6 Å². The number of aryl methyl sites for hydroxylation is 1. The average molecular weight is 399 g/mol. The molecule has 2 aromatic carbocycles. The second kappa shape index (κ2) is 8.26. The molecule has 0 heterocycles. The molecule has 0 spiro atoms. The van der Waals surface area contributed by atoms with Gasteiger partial charge in [0.05, 0.1) is 0 Å². The Bertz CT molecular complexity index is 914. The van der Waals surface area contributed by atoms with Gasteiger partial charge in [-0.1, -0.05) is 49.3 Å². The smallest absolute Gasteiger partial charge is 0.146 e. The van der Waals surface area contributed by atoms with Gasteiger partial charge in [0.1, 0.15) is 16.7 Å². The quantitative estimate of drug-likeness (QED) is 0.368. The van der Waals surface area contributed by atoms with Crippen molar-refractivity contribution in [1.29, 1.82) is 0 Å². The van der Waals surface area contributed by atoms with Gasteiger partial charge in [-0.05, 0) is 85.3 Å². The second-order valence-electron chi connectivity index (χ2n) is 8.29. The first-order valence-corrected chi connectivity index (χ1v) is 10.7. The van der Waals surface area contributed by atoms with E-state index in [1.165, 1.54) is 61.8 Å². The molecule has 2 aromatic rings. The van der Waals surface area contributed by atoms with Crippen molar-refractivity contribution in [3.63, 3.8) is 0 Å². The molecule has 3 unspecified atom stereocenters. The van der Waals surface area contributed by atoms with Gasteiger partial charge < -0.3 is 0 Å². The van der Waals surface area contributed by atoms with Crippen molar-refractivity contribution in [1.82, 2.24) is 0 Å². The van der Waals surface area contributed by atoms with Crippen LogP contribution in [0.25, 0.3) is 0 Å². The molecule has 2 aliphatic carbocycles. The number of halogens is 3. The van der Waals surface area contributed by atoms with Crippen LogP contribution in [0.3, 0.4) is 0 Å². The van der Waals surface area contributed by atoms with Crippen LogP contribution in [0.1, 0.15) is 73.6 Å². The van der Waals surface area contributed by atoms with Crippen molar-refractivity contribution >= 4 is 11.6 Å². The molecule has 28 heavy (non-hydrogen) atoms. The summed E-state index contributed by atoms with van der Waals surface area (Å²) >= 11 is 5.53. The van der Waals surface area contributed by atoms with E-state index in [9.17, 15) is 8.78 Å². The molecule has 146 valence electrons. The van der Waals surface area contributed by atoms with Crippen LogP contribution in [0.2, 0.25) is 5.02 Å². The third kappa shape index (κ3) is 3.96. The molecular formula is C25H25ClF2. The number of benzene rings is 2. The summed E-state index contributed by atoms with van der Waals surface area (Å²) in [5.41, 5.74) is 4.09. The van der Waals surface area contributed by atoms with Crippen LogP contribution in [-0.4, -0.2) is 0 Å². The number of rotatable bonds is 2.